The quantitative estimate of drug-likeness (QED) is 0.188. The number of aldehydes is 2. The lowest BCUT2D eigenvalue weighted by Gasteiger charge is -2.31. The summed E-state index contributed by atoms with van der Waals surface area (Å²) in [5, 5.41) is 16.0. The molecule has 28 heavy (non-hydrogen) atoms. The Labute approximate surface area is 159 Å². The van der Waals surface area contributed by atoms with Crippen LogP contribution >= 0.6 is 0 Å². The lowest BCUT2D eigenvalue weighted by atomic mass is 9.91. The Bertz CT molecular complexity index is 1130. The number of non-ortho nitro benzene ring substituents is 1. The lowest BCUT2D eigenvalue weighted by Crippen LogP contribution is -2.32. The van der Waals surface area contributed by atoms with Crippen LogP contribution in [0.25, 0.3) is 10.8 Å². The van der Waals surface area contributed by atoms with Crippen LogP contribution in [0.15, 0.2) is 72.1 Å². The van der Waals surface area contributed by atoms with E-state index >= 15 is 0 Å². The molecular formula is C21H14N2O5. The summed E-state index contributed by atoms with van der Waals surface area (Å²) >= 11 is 0. The predicted molar refractivity (Wildman–Crippen MR) is 102 cm³/mol. The van der Waals surface area contributed by atoms with Crippen molar-refractivity contribution in [2.75, 3.05) is 0 Å². The molecule has 0 aromatic heterocycles. The fraction of sp³-hybridized carbons (Fsp3) is 0.0476. The van der Waals surface area contributed by atoms with Gasteiger partial charge in [-0.15, -0.1) is 0 Å². The number of hydrogen-bond acceptors (Lipinski definition) is 6. The number of hydrogen-bond donors (Lipinski definition) is 1. The first-order valence-corrected chi connectivity index (χ1v) is 8.47. The highest BCUT2D eigenvalue weighted by atomic mass is 16.6. The number of carbonyl (C=O) groups excluding carboxylic acids is 2. The van der Waals surface area contributed by atoms with E-state index in [1.165, 1.54) is 12.1 Å². The van der Waals surface area contributed by atoms with Crippen molar-refractivity contribution in [3.63, 3.8) is 0 Å². The van der Waals surface area contributed by atoms with E-state index in [-0.39, 0.29) is 17.1 Å². The monoisotopic (exact) mass is 374 g/mol. The molecule has 0 saturated heterocycles. The third-order valence-corrected chi connectivity index (χ3v) is 4.66. The second kappa shape index (κ2) is 6.96. The topological polar surface area (TPSA) is 98.5 Å². The summed E-state index contributed by atoms with van der Waals surface area (Å²) in [6.45, 7) is 0. The van der Waals surface area contributed by atoms with E-state index in [2.05, 4.69) is 5.32 Å². The highest BCUT2D eigenvalue weighted by Gasteiger charge is 2.29. The van der Waals surface area contributed by atoms with Crippen molar-refractivity contribution in [1.29, 1.82) is 0 Å². The van der Waals surface area contributed by atoms with Gasteiger partial charge < -0.3 is 10.1 Å². The number of nitrogens with one attached hydrogen (secondary N) is 1. The van der Waals surface area contributed by atoms with Gasteiger partial charge in [-0.2, -0.15) is 0 Å². The maximum Gasteiger partial charge on any atom is 0.269 e. The maximum atomic E-state index is 11.2. The van der Waals surface area contributed by atoms with Crippen molar-refractivity contribution in [2.45, 2.75) is 6.04 Å². The van der Waals surface area contributed by atoms with Gasteiger partial charge in [0.2, 0.25) is 5.88 Å². The molecule has 0 aliphatic carbocycles. The van der Waals surface area contributed by atoms with Gasteiger partial charge in [-0.05, 0) is 34.5 Å². The summed E-state index contributed by atoms with van der Waals surface area (Å²) in [4.78, 5) is 33.0. The molecule has 0 bridgehead atoms. The van der Waals surface area contributed by atoms with Crippen LogP contribution in [0, 0.1) is 10.1 Å². The molecule has 7 nitrogen and oxygen atoms in total. The molecule has 1 atom stereocenters. The van der Waals surface area contributed by atoms with Crippen LogP contribution in [-0.2, 0) is 9.59 Å². The number of allylic oxidation sites excluding steroid dienone is 1. The van der Waals surface area contributed by atoms with E-state index in [1.54, 1.807) is 18.2 Å². The van der Waals surface area contributed by atoms with E-state index in [0.29, 0.717) is 18.3 Å². The van der Waals surface area contributed by atoms with Crippen molar-refractivity contribution in [3.8, 4) is 5.75 Å². The Morgan fingerprint density at radius 2 is 1.71 bits per heavy atom. The Kier molecular flexibility index (Phi) is 4.33. The average Bonchev–Trinajstić information content (AvgIpc) is 2.74. The summed E-state index contributed by atoms with van der Waals surface area (Å²) < 4.78 is 5.80. The van der Waals surface area contributed by atoms with Crippen molar-refractivity contribution in [3.05, 3.63) is 93.4 Å². The van der Waals surface area contributed by atoms with Gasteiger partial charge in [-0.1, -0.05) is 30.3 Å². The Morgan fingerprint density at radius 1 is 1.00 bits per heavy atom. The van der Waals surface area contributed by atoms with Crippen LogP contribution in [0.3, 0.4) is 0 Å². The number of nitrogens with zero attached hydrogens (tertiary/aromatic N) is 1. The highest BCUT2D eigenvalue weighted by Crippen LogP contribution is 2.41. The number of fused-ring (bicyclic) bond motifs is 3. The molecule has 3 aromatic carbocycles. The molecule has 1 N–H and O–H groups in total. The van der Waals surface area contributed by atoms with Gasteiger partial charge in [0.05, 0.1) is 11.0 Å². The first kappa shape index (κ1) is 17.4. The minimum Gasteiger partial charge on any atom is -0.440 e. The lowest BCUT2D eigenvalue weighted by molar-refractivity contribution is -0.384. The van der Waals surface area contributed by atoms with E-state index in [1.807, 2.05) is 30.3 Å². The summed E-state index contributed by atoms with van der Waals surface area (Å²) in [6, 6.07) is 17.1. The maximum absolute atomic E-state index is 11.2. The van der Waals surface area contributed by atoms with Crippen molar-refractivity contribution >= 4 is 29.0 Å². The Hall–Kier alpha value is -4.00. The summed E-state index contributed by atoms with van der Waals surface area (Å²) in [7, 11) is 0. The first-order valence-electron chi connectivity index (χ1n) is 8.47. The fourth-order valence-corrected chi connectivity index (χ4v) is 3.32. The van der Waals surface area contributed by atoms with E-state index in [4.69, 9.17) is 4.74 Å². The molecule has 3 aromatic rings. The number of benzene rings is 3. The summed E-state index contributed by atoms with van der Waals surface area (Å²) in [6.07, 6.45) is 0.850. The summed E-state index contributed by atoms with van der Waals surface area (Å²) in [5.41, 5.74) is 1.39. The molecule has 1 heterocycles. The largest absolute Gasteiger partial charge is 0.440 e. The van der Waals surface area contributed by atoms with Gasteiger partial charge >= 0.3 is 0 Å². The predicted octanol–water partition coefficient (Wildman–Crippen LogP) is 3.43. The first-order chi connectivity index (χ1) is 13.6. The van der Waals surface area contributed by atoms with Crippen LogP contribution in [0.1, 0.15) is 17.2 Å². The van der Waals surface area contributed by atoms with Crippen molar-refractivity contribution in [1.82, 2.24) is 5.32 Å². The van der Waals surface area contributed by atoms with Crippen molar-refractivity contribution < 1.29 is 19.2 Å². The molecule has 7 heteroatoms. The number of nitro groups is 1. The number of ether oxygens (including phenoxy) is 1. The molecule has 1 unspecified atom stereocenters. The van der Waals surface area contributed by atoms with Gasteiger partial charge in [-0.25, -0.2) is 0 Å². The zero-order valence-electron chi connectivity index (χ0n) is 14.5. The molecule has 0 amide bonds. The van der Waals surface area contributed by atoms with Crippen molar-refractivity contribution in [2.24, 2.45) is 0 Å². The zero-order valence-corrected chi connectivity index (χ0v) is 14.5. The zero-order chi connectivity index (χ0) is 19.7. The molecular weight excluding hydrogens is 360 g/mol. The number of carbonyl (C=O) groups is 2. The second-order valence-electron chi connectivity index (χ2n) is 6.25. The summed E-state index contributed by atoms with van der Waals surface area (Å²) in [5.74, 6) is 0.563. The molecule has 138 valence electrons. The van der Waals surface area contributed by atoms with Gasteiger partial charge in [0.15, 0.2) is 12.6 Å². The molecule has 4 rings (SSSR count). The Morgan fingerprint density at radius 3 is 2.39 bits per heavy atom. The van der Waals surface area contributed by atoms with E-state index < -0.39 is 11.0 Å². The SMILES string of the molecule is O=CC(C=O)=C1NC(c2ccc([N+](=O)[O-])cc2)c2c(ccc3ccccc23)O1. The third kappa shape index (κ3) is 2.88. The average molecular weight is 374 g/mol. The van der Waals surface area contributed by atoms with Crippen LogP contribution in [-0.4, -0.2) is 17.5 Å². The minimum absolute atomic E-state index is 0.0220. The van der Waals surface area contributed by atoms with Gasteiger partial charge in [0, 0.05) is 17.7 Å². The van der Waals surface area contributed by atoms with Crippen LogP contribution in [0.2, 0.25) is 0 Å². The van der Waals surface area contributed by atoms with Crippen LogP contribution in [0.4, 0.5) is 5.69 Å². The number of rotatable bonds is 4. The smallest absolute Gasteiger partial charge is 0.269 e. The second-order valence-corrected chi connectivity index (χ2v) is 6.25. The van der Waals surface area contributed by atoms with Gasteiger partial charge in [0.25, 0.3) is 5.69 Å². The molecule has 1 aliphatic heterocycles. The van der Waals surface area contributed by atoms with Gasteiger partial charge in [-0.3, -0.25) is 19.7 Å². The Balaban J connectivity index is 1.94. The minimum atomic E-state index is -0.466. The van der Waals surface area contributed by atoms with E-state index in [0.717, 1.165) is 21.9 Å². The highest BCUT2D eigenvalue weighted by molar-refractivity contribution is 6.00. The van der Waals surface area contributed by atoms with Crippen LogP contribution in [0.5, 0.6) is 5.75 Å². The van der Waals surface area contributed by atoms with E-state index in [9.17, 15) is 19.7 Å². The molecule has 0 fully saturated rings. The molecule has 1 aliphatic rings. The third-order valence-electron chi connectivity index (χ3n) is 4.66. The van der Waals surface area contributed by atoms with Gasteiger partial charge in [0.1, 0.15) is 11.3 Å². The molecule has 0 saturated carbocycles. The molecule has 0 spiro atoms. The fourth-order valence-electron chi connectivity index (χ4n) is 3.32. The standard InChI is InChI=1S/C21H14N2O5/c24-11-15(12-25)21-22-20(14-5-8-16(9-6-14)23(26)27)19-17-4-2-1-3-13(17)7-10-18(19)28-21/h1-12,20,22H. The number of nitro benzene ring substituents is 1. The van der Waals surface area contributed by atoms with Crippen LogP contribution < -0.4 is 10.1 Å². The normalized spacial score (nSPS) is 15.1. The molecule has 0 radical (unpaired) electrons.